The van der Waals surface area contributed by atoms with Crippen LogP contribution in [0.4, 0.5) is 0 Å². The molecule has 0 aromatic heterocycles. The number of hydrogen-bond acceptors (Lipinski definition) is 3. The van der Waals surface area contributed by atoms with Crippen molar-refractivity contribution < 1.29 is 20.1 Å². The summed E-state index contributed by atoms with van der Waals surface area (Å²) in [5.41, 5.74) is 0.268. The van der Waals surface area contributed by atoms with E-state index in [0.717, 1.165) is 12.1 Å². The zero-order chi connectivity index (χ0) is 10.0. The van der Waals surface area contributed by atoms with Crippen LogP contribution >= 0.6 is 11.6 Å². The van der Waals surface area contributed by atoms with Gasteiger partial charge < -0.3 is 15.3 Å². The molecular weight excluding hydrogens is 196 g/mol. The van der Waals surface area contributed by atoms with E-state index in [1.807, 2.05) is 0 Å². The monoisotopic (exact) mass is 202 g/mol. The summed E-state index contributed by atoms with van der Waals surface area (Å²) < 4.78 is 0. The number of rotatable bonds is 2. The molecule has 3 N–H and O–H groups in total. The fourth-order valence-electron chi connectivity index (χ4n) is 0.893. The third-order valence-electron chi connectivity index (χ3n) is 1.49. The van der Waals surface area contributed by atoms with Gasteiger partial charge in [0, 0.05) is 11.1 Å². The number of carbonyl (C=O) groups is 1. The zero-order valence-corrected chi connectivity index (χ0v) is 7.25. The van der Waals surface area contributed by atoms with Gasteiger partial charge in [-0.25, -0.2) is 0 Å². The number of carboxylic acids is 1. The molecule has 1 aromatic rings. The van der Waals surface area contributed by atoms with Gasteiger partial charge in [-0.2, -0.15) is 0 Å². The Balaban J connectivity index is 3.08. The molecule has 0 heterocycles. The van der Waals surface area contributed by atoms with Crippen molar-refractivity contribution in [3.63, 3.8) is 0 Å². The minimum absolute atomic E-state index is 0.123. The molecule has 0 aliphatic rings. The summed E-state index contributed by atoms with van der Waals surface area (Å²) in [6, 6.07) is 2.24. The lowest BCUT2D eigenvalue weighted by molar-refractivity contribution is -0.136. The van der Waals surface area contributed by atoms with E-state index in [1.54, 1.807) is 0 Å². The number of aromatic hydroxyl groups is 2. The molecule has 0 bridgehead atoms. The molecular formula is C8H7ClO4. The Labute approximate surface area is 79.0 Å². The standard InChI is InChI=1S/C8H7ClO4/c9-5-3-7(11)6(10)1-4(5)2-8(12)13/h1,3,10-11H,2H2,(H,12,13). The lowest BCUT2D eigenvalue weighted by Gasteiger charge is -2.03. The Morgan fingerprint density at radius 2 is 1.85 bits per heavy atom. The zero-order valence-electron chi connectivity index (χ0n) is 6.49. The first-order valence-electron chi connectivity index (χ1n) is 3.43. The van der Waals surface area contributed by atoms with Gasteiger partial charge in [0.2, 0.25) is 0 Å². The van der Waals surface area contributed by atoms with Gasteiger partial charge in [0.15, 0.2) is 11.5 Å². The van der Waals surface area contributed by atoms with Gasteiger partial charge in [-0.05, 0) is 11.6 Å². The predicted octanol–water partition coefficient (Wildman–Crippen LogP) is 1.38. The second kappa shape index (κ2) is 3.53. The summed E-state index contributed by atoms with van der Waals surface area (Å²) >= 11 is 5.61. The molecule has 1 rings (SSSR count). The molecule has 4 nitrogen and oxygen atoms in total. The Morgan fingerprint density at radius 1 is 1.31 bits per heavy atom. The topological polar surface area (TPSA) is 77.8 Å². The fourth-order valence-corrected chi connectivity index (χ4v) is 1.12. The van der Waals surface area contributed by atoms with Crippen molar-refractivity contribution in [1.29, 1.82) is 0 Å². The van der Waals surface area contributed by atoms with E-state index >= 15 is 0 Å². The number of phenols is 2. The summed E-state index contributed by atoms with van der Waals surface area (Å²) in [5.74, 6) is -1.79. The minimum Gasteiger partial charge on any atom is -0.504 e. The molecule has 0 atom stereocenters. The van der Waals surface area contributed by atoms with Crippen LogP contribution in [0.25, 0.3) is 0 Å². The second-order valence-electron chi connectivity index (χ2n) is 2.50. The molecule has 13 heavy (non-hydrogen) atoms. The van der Waals surface area contributed by atoms with Crippen LogP contribution in [0.3, 0.4) is 0 Å². The molecule has 0 aliphatic heterocycles. The van der Waals surface area contributed by atoms with Crippen molar-refractivity contribution >= 4 is 17.6 Å². The van der Waals surface area contributed by atoms with Crippen LogP contribution in [-0.4, -0.2) is 21.3 Å². The molecule has 0 radical (unpaired) electrons. The minimum atomic E-state index is -1.05. The Kier molecular flexibility index (Phi) is 2.63. The third kappa shape index (κ3) is 2.26. The van der Waals surface area contributed by atoms with Crippen LogP contribution in [-0.2, 0) is 11.2 Å². The van der Waals surface area contributed by atoms with Gasteiger partial charge in [0.05, 0.1) is 6.42 Å². The van der Waals surface area contributed by atoms with E-state index < -0.39 is 5.97 Å². The van der Waals surface area contributed by atoms with E-state index in [9.17, 15) is 4.79 Å². The highest BCUT2D eigenvalue weighted by Gasteiger charge is 2.09. The molecule has 0 fully saturated rings. The van der Waals surface area contributed by atoms with Crippen molar-refractivity contribution in [2.75, 3.05) is 0 Å². The fraction of sp³-hybridized carbons (Fsp3) is 0.125. The summed E-state index contributed by atoms with van der Waals surface area (Å²) in [4.78, 5) is 10.3. The second-order valence-corrected chi connectivity index (χ2v) is 2.91. The molecule has 0 saturated carbocycles. The number of aliphatic carboxylic acids is 1. The van der Waals surface area contributed by atoms with Gasteiger partial charge in [-0.1, -0.05) is 11.6 Å². The van der Waals surface area contributed by atoms with Gasteiger partial charge in [0.25, 0.3) is 0 Å². The lowest BCUT2D eigenvalue weighted by Crippen LogP contribution is -2.00. The molecule has 0 saturated heterocycles. The molecule has 5 heteroatoms. The van der Waals surface area contributed by atoms with Gasteiger partial charge in [-0.15, -0.1) is 0 Å². The SMILES string of the molecule is O=C(O)Cc1cc(O)c(O)cc1Cl. The van der Waals surface area contributed by atoms with E-state index in [2.05, 4.69) is 0 Å². The quantitative estimate of drug-likeness (QED) is 0.633. The Bertz CT molecular complexity index is 348. The van der Waals surface area contributed by atoms with Gasteiger partial charge in [-0.3, -0.25) is 4.79 Å². The maximum absolute atomic E-state index is 10.3. The lowest BCUT2D eigenvalue weighted by atomic mass is 10.1. The summed E-state index contributed by atoms with van der Waals surface area (Å²) in [6.07, 6.45) is -0.285. The van der Waals surface area contributed by atoms with Crippen LogP contribution < -0.4 is 0 Å². The predicted molar refractivity (Wildman–Crippen MR) is 46.1 cm³/mol. The van der Waals surface area contributed by atoms with Gasteiger partial charge in [0.1, 0.15) is 0 Å². The van der Waals surface area contributed by atoms with Crippen LogP contribution in [0.5, 0.6) is 11.5 Å². The molecule has 70 valence electrons. The highest BCUT2D eigenvalue weighted by atomic mass is 35.5. The van der Waals surface area contributed by atoms with Crippen molar-refractivity contribution in [2.45, 2.75) is 6.42 Å². The summed E-state index contributed by atoms with van der Waals surface area (Å²) in [6.45, 7) is 0. The van der Waals surface area contributed by atoms with Crippen molar-refractivity contribution in [2.24, 2.45) is 0 Å². The molecule has 0 spiro atoms. The smallest absolute Gasteiger partial charge is 0.307 e. The number of hydrogen-bond donors (Lipinski definition) is 3. The van der Waals surface area contributed by atoms with E-state index in [4.69, 9.17) is 26.9 Å². The largest absolute Gasteiger partial charge is 0.504 e. The normalized spacial score (nSPS) is 9.92. The van der Waals surface area contributed by atoms with E-state index in [1.165, 1.54) is 0 Å². The van der Waals surface area contributed by atoms with Crippen LogP contribution in [0.15, 0.2) is 12.1 Å². The Morgan fingerprint density at radius 3 is 2.38 bits per heavy atom. The van der Waals surface area contributed by atoms with Crippen molar-refractivity contribution in [3.8, 4) is 11.5 Å². The highest BCUT2D eigenvalue weighted by molar-refractivity contribution is 6.31. The van der Waals surface area contributed by atoms with Crippen LogP contribution in [0.1, 0.15) is 5.56 Å². The maximum Gasteiger partial charge on any atom is 0.307 e. The average Bonchev–Trinajstić information content (AvgIpc) is 1.99. The number of halogens is 1. The number of benzene rings is 1. The summed E-state index contributed by atoms with van der Waals surface area (Å²) in [5, 5.41) is 26.6. The Hall–Kier alpha value is -1.42. The van der Waals surface area contributed by atoms with Crippen LogP contribution in [0.2, 0.25) is 5.02 Å². The summed E-state index contributed by atoms with van der Waals surface area (Å²) in [7, 11) is 0. The molecule has 0 aliphatic carbocycles. The van der Waals surface area contributed by atoms with Crippen molar-refractivity contribution in [3.05, 3.63) is 22.7 Å². The molecule has 0 amide bonds. The molecule has 1 aromatic carbocycles. The first kappa shape index (κ1) is 9.67. The number of carboxylic acid groups (broad SMARTS) is 1. The van der Waals surface area contributed by atoms with Crippen LogP contribution in [0, 0.1) is 0 Å². The highest BCUT2D eigenvalue weighted by Crippen LogP contribution is 2.31. The average molecular weight is 203 g/mol. The maximum atomic E-state index is 10.3. The third-order valence-corrected chi connectivity index (χ3v) is 1.84. The first-order chi connectivity index (χ1) is 6.00. The van der Waals surface area contributed by atoms with Gasteiger partial charge >= 0.3 is 5.97 Å². The first-order valence-corrected chi connectivity index (χ1v) is 3.80. The van der Waals surface area contributed by atoms with E-state index in [-0.39, 0.29) is 28.5 Å². The number of phenolic OH excluding ortho intramolecular Hbond substituents is 2. The molecule has 0 unspecified atom stereocenters. The van der Waals surface area contributed by atoms with Crippen molar-refractivity contribution in [1.82, 2.24) is 0 Å². The van der Waals surface area contributed by atoms with E-state index in [0.29, 0.717) is 0 Å².